The molecule has 0 bridgehead atoms. The summed E-state index contributed by atoms with van der Waals surface area (Å²) < 4.78 is 18.3. The van der Waals surface area contributed by atoms with Crippen molar-refractivity contribution in [3.63, 3.8) is 0 Å². The molecule has 2 rings (SSSR count). The summed E-state index contributed by atoms with van der Waals surface area (Å²) in [7, 11) is 1.42. The maximum absolute atomic E-state index is 13.2. The lowest BCUT2D eigenvalue weighted by molar-refractivity contribution is -0.126. The second kappa shape index (κ2) is 8.52. The molecule has 1 saturated heterocycles. The van der Waals surface area contributed by atoms with Crippen LogP contribution >= 0.6 is 0 Å². The molecule has 1 aliphatic heterocycles. The van der Waals surface area contributed by atoms with Crippen LogP contribution in [0.15, 0.2) is 18.2 Å². The maximum Gasteiger partial charge on any atom is 0.321 e. The van der Waals surface area contributed by atoms with Gasteiger partial charge in [0.1, 0.15) is 11.6 Å². The maximum atomic E-state index is 13.2. The van der Waals surface area contributed by atoms with E-state index in [1.165, 1.54) is 25.3 Å². The van der Waals surface area contributed by atoms with E-state index in [1.807, 2.05) is 6.92 Å². The van der Waals surface area contributed by atoms with E-state index in [0.29, 0.717) is 25.3 Å². The molecule has 132 valence electrons. The van der Waals surface area contributed by atoms with Crippen molar-refractivity contribution in [2.24, 2.45) is 5.92 Å². The molecular formula is C17H24FN3O3. The largest absolute Gasteiger partial charge is 0.494 e. The van der Waals surface area contributed by atoms with Gasteiger partial charge in [-0.3, -0.25) is 4.79 Å². The Morgan fingerprint density at radius 1 is 1.42 bits per heavy atom. The number of carbonyl (C=O) groups is 2. The normalized spacial score (nSPS) is 17.3. The smallest absolute Gasteiger partial charge is 0.321 e. The first-order valence-corrected chi connectivity index (χ1v) is 8.22. The van der Waals surface area contributed by atoms with Gasteiger partial charge < -0.3 is 20.3 Å². The molecule has 1 aliphatic rings. The number of anilines is 1. The zero-order valence-corrected chi connectivity index (χ0v) is 14.1. The zero-order valence-electron chi connectivity index (χ0n) is 14.1. The molecule has 0 radical (unpaired) electrons. The fourth-order valence-electron chi connectivity index (χ4n) is 2.73. The lowest BCUT2D eigenvalue weighted by Gasteiger charge is -2.32. The van der Waals surface area contributed by atoms with Crippen molar-refractivity contribution in [2.75, 3.05) is 32.1 Å². The van der Waals surface area contributed by atoms with Crippen LogP contribution in [0.3, 0.4) is 0 Å². The average Bonchev–Trinajstić information content (AvgIpc) is 2.61. The minimum absolute atomic E-state index is 0.00582. The summed E-state index contributed by atoms with van der Waals surface area (Å²) in [6.45, 7) is 3.61. The lowest BCUT2D eigenvalue weighted by Crippen LogP contribution is -2.47. The molecule has 1 atom stereocenters. The van der Waals surface area contributed by atoms with E-state index in [9.17, 15) is 14.0 Å². The Hall–Kier alpha value is -2.31. The molecule has 1 fully saturated rings. The highest BCUT2D eigenvalue weighted by Gasteiger charge is 2.28. The highest BCUT2D eigenvalue weighted by Crippen LogP contribution is 2.26. The van der Waals surface area contributed by atoms with Gasteiger partial charge in [-0.2, -0.15) is 0 Å². The second-order valence-electron chi connectivity index (χ2n) is 5.85. The van der Waals surface area contributed by atoms with Crippen molar-refractivity contribution >= 4 is 17.6 Å². The summed E-state index contributed by atoms with van der Waals surface area (Å²) in [5.74, 6) is -0.368. The molecular weight excluding hydrogens is 313 g/mol. The van der Waals surface area contributed by atoms with Crippen molar-refractivity contribution in [1.82, 2.24) is 10.2 Å². The lowest BCUT2D eigenvalue weighted by atomic mass is 9.97. The van der Waals surface area contributed by atoms with Gasteiger partial charge in [-0.1, -0.05) is 6.92 Å². The molecule has 0 saturated carbocycles. The summed E-state index contributed by atoms with van der Waals surface area (Å²) >= 11 is 0. The first-order valence-electron chi connectivity index (χ1n) is 8.22. The van der Waals surface area contributed by atoms with Gasteiger partial charge in [-0.25, -0.2) is 9.18 Å². The highest BCUT2D eigenvalue weighted by molar-refractivity contribution is 5.91. The number of hydrogen-bond donors (Lipinski definition) is 2. The molecule has 0 unspecified atom stereocenters. The quantitative estimate of drug-likeness (QED) is 0.868. The Morgan fingerprint density at radius 3 is 2.92 bits per heavy atom. The number of halogens is 1. The fourth-order valence-corrected chi connectivity index (χ4v) is 2.73. The Bertz CT molecular complexity index is 594. The van der Waals surface area contributed by atoms with Crippen molar-refractivity contribution in [1.29, 1.82) is 0 Å². The van der Waals surface area contributed by atoms with Crippen LogP contribution in [0.5, 0.6) is 5.75 Å². The van der Waals surface area contributed by atoms with E-state index < -0.39 is 5.82 Å². The summed E-state index contributed by atoms with van der Waals surface area (Å²) in [6, 6.07) is 3.62. The fraction of sp³-hybridized carbons (Fsp3) is 0.529. The number of nitrogens with one attached hydrogen (secondary N) is 2. The molecule has 7 heteroatoms. The number of ether oxygens (including phenoxy) is 1. The van der Waals surface area contributed by atoms with Gasteiger partial charge >= 0.3 is 6.03 Å². The van der Waals surface area contributed by atoms with Gasteiger partial charge in [0.25, 0.3) is 0 Å². The molecule has 6 nitrogen and oxygen atoms in total. The topological polar surface area (TPSA) is 70.7 Å². The van der Waals surface area contributed by atoms with Crippen LogP contribution < -0.4 is 15.4 Å². The van der Waals surface area contributed by atoms with Crippen LogP contribution in [-0.4, -0.2) is 43.6 Å². The Morgan fingerprint density at radius 2 is 2.21 bits per heavy atom. The van der Waals surface area contributed by atoms with Crippen LogP contribution in [0.1, 0.15) is 26.2 Å². The molecule has 1 aromatic rings. The van der Waals surface area contributed by atoms with Crippen molar-refractivity contribution in [3.05, 3.63) is 24.0 Å². The molecule has 2 N–H and O–H groups in total. The molecule has 0 aromatic heterocycles. The van der Waals surface area contributed by atoms with E-state index in [2.05, 4.69) is 10.6 Å². The first kappa shape index (κ1) is 18.0. The minimum Gasteiger partial charge on any atom is -0.494 e. The van der Waals surface area contributed by atoms with Crippen LogP contribution in [0.2, 0.25) is 0 Å². The average molecular weight is 337 g/mol. The van der Waals surface area contributed by atoms with Gasteiger partial charge in [-0.15, -0.1) is 0 Å². The number of urea groups is 1. The number of piperidine rings is 1. The molecule has 24 heavy (non-hydrogen) atoms. The number of likely N-dealkylation sites (tertiary alicyclic amines) is 1. The number of amides is 3. The third-order valence-corrected chi connectivity index (χ3v) is 4.03. The predicted octanol–water partition coefficient (Wildman–Crippen LogP) is 2.60. The highest BCUT2D eigenvalue weighted by atomic mass is 19.1. The molecule has 3 amide bonds. The number of nitrogens with zero attached hydrogens (tertiary/aromatic N) is 1. The molecule has 1 aromatic carbocycles. The molecule has 1 heterocycles. The van der Waals surface area contributed by atoms with Crippen molar-refractivity contribution in [2.45, 2.75) is 26.2 Å². The van der Waals surface area contributed by atoms with Gasteiger partial charge in [0, 0.05) is 25.7 Å². The number of rotatable bonds is 5. The standard InChI is InChI=1S/C17H24FN3O3/c1-3-8-19-16(22)12-5-4-9-21(11-12)17(23)20-14-7-6-13(18)10-15(14)24-2/h6-7,10,12H,3-5,8-9,11H2,1-2H3,(H,19,22)(H,20,23)/t12-/m0/s1. The van der Waals surface area contributed by atoms with Gasteiger partial charge in [0.2, 0.25) is 5.91 Å². The van der Waals surface area contributed by atoms with Gasteiger partial charge in [-0.05, 0) is 31.4 Å². The summed E-state index contributed by atoms with van der Waals surface area (Å²) in [5, 5.41) is 5.60. The number of methoxy groups -OCH3 is 1. The first-order chi connectivity index (χ1) is 11.5. The van der Waals surface area contributed by atoms with E-state index >= 15 is 0 Å². The van der Waals surface area contributed by atoms with Crippen LogP contribution in [0.25, 0.3) is 0 Å². The van der Waals surface area contributed by atoms with Gasteiger partial charge in [0.15, 0.2) is 0 Å². The SMILES string of the molecule is CCCNC(=O)[C@H]1CCCN(C(=O)Nc2ccc(F)cc2OC)C1. The monoisotopic (exact) mass is 337 g/mol. The third kappa shape index (κ3) is 4.59. The van der Waals surface area contributed by atoms with Crippen LogP contribution in [-0.2, 0) is 4.79 Å². The number of benzene rings is 1. The van der Waals surface area contributed by atoms with Gasteiger partial charge in [0.05, 0.1) is 18.7 Å². The number of carbonyl (C=O) groups excluding carboxylic acids is 2. The van der Waals surface area contributed by atoms with Crippen molar-refractivity contribution in [3.8, 4) is 5.75 Å². The van der Waals surface area contributed by atoms with E-state index in [1.54, 1.807) is 4.90 Å². The van der Waals surface area contributed by atoms with E-state index in [0.717, 1.165) is 19.3 Å². The Kier molecular flexibility index (Phi) is 6.40. The summed E-state index contributed by atoms with van der Waals surface area (Å²) in [4.78, 5) is 26.1. The second-order valence-corrected chi connectivity index (χ2v) is 5.85. The predicted molar refractivity (Wildman–Crippen MR) is 89.6 cm³/mol. The van der Waals surface area contributed by atoms with Crippen LogP contribution in [0, 0.1) is 11.7 Å². The Labute approximate surface area is 141 Å². The number of hydrogen-bond acceptors (Lipinski definition) is 3. The van der Waals surface area contributed by atoms with E-state index in [-0.39, 0.29) is 23.6 Å². The van der Waals surface area contributed by atoms with Crippen LogP contribution in [0.4, 0.5) is 14.9 Å². The zero-order chi connectivity index (χ0) is 17.5. The third-order valence-electron chi connectivity index (χ3n) is 4.03. The Balaban J connectivity index is 1.98. The summed E-state index contributed by atoms with van der Waals surface area (Å²) in [5.41, 5.74) is 0.404. The van der Waals surface area contributed by atoms with Crippen molar-refractivity contribution < 1.29 is 18.7 Å². The molecule has 0 aliphatic carbocycles. The molecule has 0 spiro atoms. The minimum atomic E-state index is -0.435. The summed E-state index contributed by atoms with van der Waals surface area (Å²) in [6.07, 6.45) is 2.43. The van der Waals surface area contributed by atoms with E-state index in [4.69, 9.17) is 4.74 Å².